The highest BCUT2D eigenvalue weighted by molar-refractivity contribution is 5.81. The van der Waals surface area contributed by atoms with Crippen LogP contribution in [0, 0.1) is 0 Å². The lowest BCUT2D eigenvalue weighted by Gasteiger charge is -2.26. The Kier molecular flexibility index (Phi) is 19.6. The Morgan fingerprint density at radius 3 is 1.34 bits per heavy atom. The zero-order valence-electron chi connectivity index (χ0n) is 20.1. The van der Waals surface area contributed by atoms with Gasteiger partial charge >= 0.3 is 0 Å². The molecular formula is C24H48N2O6. The van der Waals surface area contributed by atoms with E-state index >= 15 is 0 Å². The van der Waals surface area contributed by atoms with Gasteiger partial charge in [-0.1, -0.05) is 103 Å². The summed E-state index contributed by atoms with van der Waals surface area (Å²) in [6.07, 6.45) is 12.6. The molecular weight excluding hydrogens is 412 g/mol. The second-order valence-electron chi connectivity index (χ2n) is 8.83. The molecule has 0 saturated carbocycles. The molecule has 0 aromatic rings. The number of ether oxygens (including phenoxy) is 1. The molecule has 0 saturated heterocycles. The monoisotopic (exact) mass is 460 g/mol. The predicted octanol–water partition coefficient (Wildman–Crippen LogP) is 2.69. The SMILES string of the molecule is CCCCCCCCCCCCCCCCCCO[C@@H](C(N)=O)[C@@H](O)[C@H](O)[C@H](O)C(N)=O. The second kappa shape index (κ2) is 20.4. The quantitative estimate of drug-likeness (QED) is 0.148. The topological polar surface area (TPSA) is 156 Å². The molecule has 32 heavy (non-hydrogen) atoms. The molecule has 0 aliphatic carbocycles. The zero-order chi connectivity index (χ0) is 24.2. The van der Waals surface area contributed by atoms with Crippen LogP contribution in [-0.2, 0) is 14.3 Å². The van der Waals surface area contributed by atoms with Crippen molar-refractivity contribution in [2.75, 3.05) is 6.61 Å². The van der Waals surface area contributed by atoms with E-state index < -0.39 is 36.2 Å². The molecule has 0 fully saturated rings. The molecule has 8 nitrogen and oxygen atoms in total. The second-order valence-corrected chi connectivity index (χ2v) is 8.83. The minimum Gasteiger partial charge on any atom is -0.387 e. The smallest absolute Gasteiger partial charge is 0.249 e. The Labute approximate surface area is 194 Å². The van der Waals surface area contributed by atoms with E-state index in [4.69, 9.17) is 16.2 Å². The molecule has 0 aromatic heterocycles. The summed E-state index contributed by atoms with van der Waals surface area (Å²) in [5, 5.41) is 29.1. The van der Waals surface area contributed by atoms with E-state index in [1.807, 2.05) is 0 Å². The molecule has 0 spiro atoms. The highest BCUT2D eigenvalue weighted by atomic mass is 16.5. The van der Waals surface area contributed by atoms with Gasteiger partial charge in [-0.3, -0.25) is 9.59 Å². The number of rotatable bonds is 23. The van der Waals surface area contributed by atoms with Crippen molar-refractivity contribution >= 4 is 11.8 Å². The summed E-state index contributed by atoms with van der Waals surface area (Å²) < 4.78 is 5.29. The average Bonchev–Trinajstić information content (AvgIpc) is 2.76. The van der Waals surface area contributed by atoms with Gasteiger partial charge in [0.15, 0.2) is 12.2 Å². The molecule has 0 aromatic carbocycles. The van der Waals surface area contributed by atoms with Crippen molar-refractivity contribution in [3.8, 4) is 0 Å². The summed E-state index contributed by atoms with van der Waals surface area (Å²) in [7, 11) is 0. The number of primary amides is 2. The fourth-order valence-corrected chi connectivity index (χ4v) is 3.74. The number of carbonyl (C=O) groups is 2. The average molecular weight is 461 g/mol. The van der Waals surface area contributed by atoms with Crippen LogP contribution < -0.4 is 11.5 Å². The van der Waals surface area contributed by atoms with Gasteiger partial charge in [-0.15, -0.1) is 0 Å². The Bertz CT molecular complexity index is 477. The molecule has 0 aliphatic rings. The maximum absolute atomic E-state index is 11.5. The van der Waals surface area contributed by atoms with Crippen LogP contribution in [0.3, 0.4) is 0 Å². The molecule has 0 unspecified atom stereocenters. The normalized spacial score (nSPS) is 15.2. The van der Waals surface area contributed by atoms with Gasteiger partial charge in [0, 0.05) is 6.61 Å². The fourth-order valence-electron chi connectivity index (χ4n) is 3.74. The summed E-state index contributed by atoms with van der Waals surface area (Å²) in [5.41, 5.74) is 10.1. The van der Waals surface area contributed by atoms with E-state index in [1.165, 1.54) is 77.0 Å². The molecule has 190 valence electrons. The third kappa shape index (κ3) is 15.6. The van der Waals surface area contributed by atoms with Gasteiger partial charge < -0.3 is 31.5 Å². The Hall–Kier alpha value is -1.22. The lowest BCUT2D eigenvalue weighted by Crippen LogP contribution is -2.53. The molecule has 7 N–H and O–H groups in total. The summed E-state index contributed by atoms with van der Waals surface area (Å²) >= 11 is 0. The Balaban J connectivity index is 3.65. The third-order valence-corrected chi connectivity index (χ3v) is 5.85. The van der Waals surface area contributed by atoms with Gasteiger partial charge in [-0.05, 0) is 6.42 Å². The number of aliphatic hydroxyl groups is 3. The van der Waals surface area contributed by atoms with Crippen LogP contribution in [-0.4, -0.2) is 58.2 Å². The van der Waals surface area contributed by atoms with Gasteiger partial charge in [0.05, 0.1) is 0 Å². The molecule has 0 bridgehead atoms. The van der Waals surface area contributed by atoms with Crippen LogP contribution in [0.25, 0.3) is 0 Å². The van der Waals surface area contributed by atoms with E-state index in [0.29, 0.717) is 6.42 Å². The largest absolute Gasteiger partial charge is 0.387 e. The molecule has 0 aliphatic heterocycles. The predicted molar refractivity (Wildman–Crippen MR) is 126 cm³/mol. The summed E-state index contributed by atoms with van der Waals surface area (Å²) in [6, 6.07) is 0. The number of hydrogen-bond acceptors (Lipinski definition) is 6. The van der Waals surface area contributed by atoms with E-state index in [2.05, 4.69) is 6.92 Å². The van der Waals surface area contributed by atoms with E-state index in [9.17, 15) is 24.9 Å². The number of hydrogen-bond donors (Lipinski definition) is 5. The summed E-state index contributed by atoms with van der Waals surface area (Å²) in [4.78, 5) is 22.4. The van der Waals surface area contributed by atoms with Crippen molar-refractivity contribution in [1.29, 1.82) is 0 Å². The lowest BCUT2D eigenvalue weighted by atomic mass is 10.0. The number of nitrogens with two attached hydrogens (primary N) is 2. The van der Waals surface area contributed by atoms with Crippen LogP contribution in [0.15, 0.2) is 0 Å². The van der Waals surface area contributed by atoms with Gasteiger partial charge in [0.1, 0.15) is 12.2 Å². The molecule has 0 rings (SSSR count). The van der Waals surface area contributed by atoms with Gasteiger partial charge in [-0.25, -0.2) is 0 Å². The number of unbranched alkanes of at least 4 members (excludes halogenated alkanes) is 15. The van der Waals surface area contributed by atoms with Crippen LogP contribution in [0.2, 0.25) is 0 Å². The Morgan fingerprint density at radius 2 is 1.00 bits per heavy atom. The van der Waals surface area contributed by atoms with Crippen LogP contribution in [0.1, 0.15) is 110 Å². The van der Waals surface area contributed by atoms with Crippen LogP contribution in [0.4, 0.5) is 0 Å². The highest BCUT2D eigenvalue weighted by Gasteiger charge is 2.37. The van der Waals surface area contributed by atoms with Gasteiger partial charge in [0.25, 0.3) is 0 Å². The van der Waals surface area contributed by atoms with E-state index in [-0.39, 0.29) is 6.61 Å². The molecule has 4 atom stereocenters. The first-order valence-electron chi connectivity index (χ1n) is 12.6. The summed E-state index contributed by atoms with van der Waals surface area (Å²) in [6.45, 7) is 2.43. The first-order chi connectivity index (χ1) is 15.3. The van der Waals surface area contributed by atoms with Crippen molar-refractivity contribution in [2.24, 2.45) is 11.5 Å². The highest BCUT2D eigenvalue weighted by Crippen LogP contribution is 2.14. The Morgan fingerprint density at radius 1 is 0.625 bits per heavy atom. The van der Waals surface area contributed by atoms with Crippen molar-refractivity contribution in [2.45, 2.75) is 134 Å². The fraction of sp³-hybridized carbons (Fsp3) is 0.917. The lowest BCUT2D eigenvalue weighted by molar-refractivity contribution is -0.158. The van der Waals surface area contributed by atoms with Gasteiger partial charge in [-0.2, -0.15) is 0 Å². The standard InChI is InChI=1S/C24H48N2O6/c1-2-3-4-5-6-7-8-9-10-11-12-13-14-15-16-17-18-32-22(24(26)31)20(28)19(27)21(29)23(25)30/h19-22,27-29H,2-18H2,1H3,(H2,25,30)(H2,26,31)/t19-,20-,21-,22+/m0/s1. The number of amides is 2. The van der Waals surface area contributed by atoms with Crippen LogP contribution >= 0.6 is 0 Å². The van der Waals surface area contributed by atoms with E-state index in [1.54, 1.807) is 0 Å². The first-order valence-corrected chi connectivity index (χ1v) is 12.6. The maximum Gasteiger partial charge on any atom is 0.249 e. The number of aliphatic hydroxyl groups excluding tert-OH is 3. The molecule has 8 heteroatoms. The maximum atomic E-state index is 11.5. The third-order valence-electron chi connectivity index (χ3n) is 5.85. The summed E-state index contributed by atoms with van der Waals surface area (Å²) in [5.74, 6) is -2.19. The van der Waals surface area contributed by atoms with Crippen molar-refractivity contribution in [3.05, 3.63) is 0 Å². The molecule has 0 radical (unpaired) electrons. The first kappa shape index (κ1) is 30.8. The van der Waals surface area contributed by atoms with Crippen molar-refractivity contribution in [3.63, 3.8) is 0 Å². The number of carbonyl (C=O) groups excluding carboxylic acids is 2. The minimum absolute atomic E-state index is 0.183. The molecule has 0 heterocycles. The zero-order valence-corrected chi connectivity index (χ0v) is 20.1. The van der Waals surface area contributed by atoms with Crippen molar-refractivity contribution < 1.29 is 29.6 Å². The molecule has 2 amide bonds. The van der Waals surface area contributed by atoms with Crippen LogP contribution in [0.5, 0.6) is 0 Å². The minimum atomic E-state index is -2.01. The van der Waals surface area contributed by atoms with Gasteiger partial charge in [0.2, 0.25) is 11.8 Å². The van der Waals surface area contributed by atoms with Crippen molar-refractivity contribution in [1.82, 2.24) is 0 Å². The van der Waals surface area contributed by atoms with E-state index in [0.717, 1.165) is 19.3 Å².